The minimum atomic E-state index is -1.16. The van der Waals surface area contributed by atoms with Crippen LogP contribution in [0.5, 0.6) is 0 Å². The lowest BCUT2D eigenvalue weighted by molar-refractivity contribution is -0.384. The summed E-state index contributed by atoms with van der Waals surface area (Å²) in [7, 11) is 0. The van der Waals surface area contributed by atoms with E-state index in [4.69, 9.17) is 20.8 Å². The molecule has 1 unspecified atom stereocenters. The monoisotopic (exact) mass is 480 g/mol. The average molecular weight is 482 g/mol. The van der Waals surface area contributed by atoms with Crippen molar-refractivity contribution in [2.24, 2.45) is 0 Å². The number of esters is 1. The van der Waals surface area contributed by atoms with Crippen LogP contribution in [0, 0.1) is 17.0 Å². The summed E-state index contributed by atoms with van der Waals surface area (Å²) in [5.74, 6) is -1.43. The number of halogens is 2. The fraction of sp³-hybridized carbons (Fsp3) is 0.158. The average Bonchev–Trinajstić information content (AvgIpc) is 2.99. The largest absolute Gasteiger partial charge is 0.449 e. The molecule has 2 aromatic carbocycles. The molecular weight excluding hydrogens is 468 g/mol. The zero-order valence-corrected chi connectivity index (χ0v) is 17.5. The lowest BCUT2D eigenvalue weighted by Crippen LogP contribution is -2.30. The number of hydrogen-bond acceptors (Lipinski definition) is 6. The molecule has 1 aromatic heterocycles. The summed E-state index contributed by atoms with van der Waals surface area (Å²) in [6, 6.07) is 8.93. The van der Waals surface area contributed by atoms with Crippen LogP contribution in [-0.2, 0) is 9.53 Å². The summed E-state index contributed by atoms with van der Waals surface area (Å²) < 4.78 is 11.6. The second-order valence-electron chi connectivity index (χ2n) is 6.15. The van der Waals surface area contributed by atoms with Crippen molar-refractivity contribution in [3.63, 3.8) is 0 Å². The predicted molar refractivity (Wildman–Crippen MR) is 110 cm³/mol. The Hall–Kier alpha value is -2.91. The summed E-state index contributed by atoms with van der Waals surface area (Å²) in [5, 5.41) is 14.0. The number of rotatable bonds is 5. The van der Waals surface area contributed by atoms with Gasteiger partial charge in [0.1, 0.15) is 5.58 Å². The maximum atomic E-state index is 12.5. The lowest BCUT2D eigenvalue weighted by Gasteiger charge is -2.13. The van der Waals surface area contributed by atoms with Gasteiger partial charge in [-0.05, 0) is 38.1 Å². The Bertz CT molecular complexity index is 1140. The topological polar surface area (TPSA) is 112 Å². The number of nitrogens with zero attached hydrogens (tertiary/aromatic N) is 1. The number of carbonyl (C=O) groups excluding carboxylic acids is 2. The fourth-order valence-electron chi connectivity index (χ4n) is 2.61. The number of aryl methyl sites for hydroxylation is 1. The number of ether oxygens (including phenoxy) is 1. The minimum absolute atomic E-state index is 0.00567. The van der Waals surface area contributed by atoms with Gasteiger partial charge in [-0.15, -0.1) is 0 Å². The second kappa shape index (κ2) is 8.22. The van der Waals surface area contributed by atoms with Gasteiger partial charge in [-0.2, -0.15) is 0 Å². The highest BCUT2D eigenvalue weighted by molar-refractivity contribution is 9.10. The van der Waals surface area contributed by atoms with Gasteiger partial charge in [0.25, 0.3) is 11.6 Å². The Kier molecular flexibility index (Phi) is 5.90. The molecule has 8 nitrogen and oxygen atoms in total. The first-order valence-corrected chi connectivity index (χ1v) is 9.49. The first kappa shape index (κ1) is 20.8. The molecule has 150 valence electrons. The molecule has 0 saturated carbocycles. The molecule has 0 aliphatic rings. The van der Waals surface area contributed by atoms with Crippen molar-refractivity contribution in [2.75, 3.05) is 5.32 Å². The lowest BCUT2D eigenvalue weighted by atomic mass is 10.1. The summed E-state index contributed by atoms with van der Waals surface area (Å²) in [4.78, 5) is 35.0. The van der Waals surface area contributed by atoms with Gasteiger partial charge in [0.2, 0.25) is 5.76 Å². The van der Waals surface area contributed by atoms with E-state index in [1.165, 1.54) is 19.1 Å². The summed E-state index contributed by atoms with van der Waals surface area (Å²) >= 11 is 9.32. The van der Waals surface area contributed by atoms with Crippen molar-refractivity contribution >= 4 is 61.8 Å². The third-order valence-corrected chi connectivity index (χ3v) is 4.96. The number of anilines is 1. The minimum Gasteiger partial charge on any atom is -0.449 e. The predicted octanol–water partition coefficient (Wildman–Crippen LogP) is 5.25. The fourth-order valence-corrected chi connectivity index (χ4v) is 3.19. The molecule has 0 aliphatic carbocycles. The first-order valence-electron chi connectivity index (χ1n) is 8.32. The van der Waals surface area contributed by atoms with E-state index in [1.54, 1.807) is 19.1 Å². The van der Waals surface area contributed by atoms with E-state index >= 15 is 0 Å². The van der Waals surface area contributed by atoms with Gasteiger partial charge in [0.15, 0.2) is 6.10 Å². The molecule has 0 radical (unpaired) electrons. The molecule has 0 aliphatic heterocycles. The molecule has 0 fully saturated rings. The maximum Gasteiger partial charge on any atom is 0.375 e. The molecule has 0 saturated heterocycles. The van der Waals surface area contributed by atoms with Crippen LogP contribution in [0.2, 0.25) is 5.02 Å². The number of nitrogens with one attached hydrogen (secondary N) is 1. The highest BCUT2D eigenvalue weighted by atomic mass is 79.9. The van der Waals surface area contributed by atoms with Crippen LogP contribution in [0.1, 0.15) is 23.0 Å². The highest BCUT2D eigenvalue weighted by Crippen LogP contribution is 2.29. The number of furan rings is 1. The van der Waals surface area contributed by atoms with Gasteiger partial charge in [0, 0.05) is 27.6 Å². The van der Waals surface area contributed by atoms with Gasteiger partial charge >= 0.3 is 5.97 Å². The van der Waals surface area contributed by atoms with Gasteiger partial charge in [-0.25, -0.2) is 4.79 Å². The van der Waals surface area contributed by atoms with Crippen LogP contribution < -0.4 is 5.32 Å². The highest BCUT2D eigenvalue weighted by Gasteiger charge is 2.25. The zero-order valence-electron chi connectivity index (χ0n) is 15.2. The van der Waals surface area contributed by atoms with Crippen molar-refractivity contribution < 1.29 is 23.7 Å². The zero-order chi connectivity index (χ0) is 21.3. The molecule has 10 heteroatoms. The molecule has 3 aromatic rings. The summed E-state index contributed by atoms with van der Waals surface area (Å²) in [6.45, 7) is 3.11. The Morgan fingerprint density at radius 1 is 1.28 bits per heavy atom. The van der Waals surface area contributed by atoms with Crippen LogP contribution in [0.15, 0.2) is 45.3 Å². The van der Waals surface area contributed by atoms with E-state index in [0.29, 0.717) is 11.1 Å². The molecule has 0 bridgehead atoms. The van der Waals surface area contributed by atoms with Crippen molar-refractivity contribution in [3.8, 4) is 0 Å². The van der Waals surface area contributed by atoms with Gasteiger partial charge in [-0.3, -0.25) is 14.9 Å². The van der Waals surface area contributed by atoms with Gasteiger partial charge in [0.05, 0.1) is 15.6 Å². The quantitative estimate of drug-likeness (QED) is 0.303. The number of fused-ring (bicyclic) bond motifs is 1. The van der Waals surface area contributed by atoms with Crippen LogP contribution in [0.3, 0.4) is 0 Å². The standard InChI is InChI=1S/C19H14BrClN2O6/c1-9-13-7-11(20)3-6-16(13)29-17(9)19(25)28-10(2)18(24)22-15-5-4-12(23(26)27)8-14(15)21/h3-8,10H,1-2H3,(H,22,24). The Balaban J connectivity index is 1.72. The van der Waals surface area contributed by atoms with E-state index < -0.39 is 22.9 Å². The molecule has 1 heterocycles. The number of nitro benzene ring substituents is 1. The van der Waals surface area contributed by atoms with Crippen molar-refractivity contribution in [3.05, 3.63) is 67.3 Å². The molecule has 1 atom stereocenters. The number of non-ortho nitro benzene ring substituents is 1. The van der Waals surface area contributed by atoms with Crippen molar-refractivity contribution in [1.29, 1.82) is 0 Å². The van der Waals surface area contributed by atoms with E-state index in [0.717, 1.165) is 15.9 Å². The van der Waals surface area contributed by atoms with Crippen molar-refractivity contribution in [2.45, 2.75) is 20.0 Å². The summed E-state index contributed by atoms with van der Waals surface area (Å²) in [5.41, 5.74) is 1.07. The molecule has 1 N–H and O–H groups in total. The Morgan fingerprint density at radius 2 is 2.00 bits per heavy atom. The van der Waals surface area contributed by atoms with E-state index in [9.17, 15) is 19.7 Å². The molecule has 29 heavy (non-hydrogen) atoms. The van der Waals surface area contributed by atoms with E-state index in [1.807, 2.05) is 6.07 Å². The molecule has 1 amide bonds. The molecule has 0 spiro atoms. The van der Waals surface area contributed by atoms with Crippen LogP contribution in [-0.4, -0.2) is 22.9 Å². The molecular formula is C19H14BrClN2O6. The van der Waals surface area contributed by atoms with Gasteiger partial charge in [-0.1, -0.05) is 27.5 Å². The number of amides is 1. The van der Waals surface area contributed by atoms with E-state index in [-0.39, 0.29) is 22.2 Å². The Labute approximate surface area is 178 Å². The van der Waals surface area contributed by atoms with Crippen LogP contribution in [0.4, 0.5) is 11.4 Å². The maximum absolute atomic E-state index is 12.5. The normalized spacial score (nSPS) is 11.9. The third kappa shape index (κ3) is 4.41. The van der Waals surface area contributed by atoms with Crippen LogP contribution in [0.25, 0.3) is 11.0 Å². The number of benzene rings is 2. The van der Waals surface area contributed by atoms with Crippen molar-refractivity contribution in [1.82, 2.24) is 0 Å². The van der Waals surface area contributed by atoms with Crippen LogP contribution >= 0.6 is 27.5 Å². The number of nitro groups is 1. The molecule has 3 rings (SSSR count). The first-order chi connectivity index (χ1) is 13.7. The summed E-state index contributed by atoms with van der Waals surface area (Å²) in [6.07, 6.45) is -1.16. The number of carbonyl (C=O) groups is 2. The van der Waals surface area contributed by atoms with Gasteiger partial charge < -0.3 is 14.5 Å². The Morgan fingerprint density at radius 3 is 2.66 bits per heavy atom. The van der Waals surface area contributed by atoms with E-state index in [2.05, 4.69) is 21.2 Å². The SMILES string of the molecule is Cc1c(C(=O)OC(C)C(=O)Nc2ccc([N+](=O)[O-])cc2Cl)oc2ccc(Br)cc12. The smallest absolute Gasteiger partial charge is 0.375 e. The second-order valence-corrected chi connectivity index (χ2v) is 7.48. The third-order valence-electron chi connectivity index (χ3n) is 4.16. The number of hydrogen-bond donors (Lipinski definition) is 1.